The quantitative estimate of drug-likeness (QED) is 0.247. The van der Waals surface area contributed by atoms with Gasteiger partial charge < -0.3 is 44.5 Å². The Hall–Kier alpha value is -0.880. The molecule has 15 atom stereocenters. The topological polar surface area (TPSA) is 138 Å². The minimum Gasteiger partial charge on any atom is -0.394 e. The van der Waals surface area contributed by atoms with Gasteiger partial charge in [-0.15, -0.1) is 0 Å². The van der Waals surface area contributed by atoms with Crippen LogP contribution in [0.5, 0.6) is 0 Å². The van der Waals surface area contributed by atoms with E-state index in [9.17, 15) is 25.5 Å². The van der Waals surface area contributed by atoms with Crippen LogP contribution in [0.25, 0.3) is 0 Å². The van der Waals surface area contributed by atoms with Gasteiger partial charge in [0.25, 0.3) is 0 Å². The van der Waals surface area contributed by atoms with Gasteiger partial charge in [-0.1, -0.05) is 58.9 Å². The van der Waals surface area contributed by atoms with Crippen LogP contribution in [0.1, 0.15) is 93.4 Å². The molecule has 5 N–H and O–H groups in total. The number of allylic oxidation sites excluding steroid dienone is 2. The van der Waals surface area contributed by atoms with E-state index in [2.05, 4.69) is 52.8 Å². The summed E-state index contributed by atoms with van der Waals surface area (Å²) < 4.78 is 25.7. The summed E-state index contributed by atoms with van der Waals surface area (Å²) in [5.74, 6) is 1.62. The number of ether oxygens (including phenoxy) is 4. The first kappa shape index (κ1) is 35.0. The zero-order valence-electron chi connectivity index (χ0n) is 29.2. The summed E-state index contributed by atoms with van der Waals surface area (Å²) in [5.41, 5.74) is -1.94. The third-order valence-electron chi connectivity index (χ3n) is 14.5. The smallest absolute Gasteiger partial charge is 0.186 e. The fraction of sp³-hybridized carbons (Fsp3) is 0.892. The van der Waals surface area contributed by atoms with E-state index in [0.717, 1.165) is 38.5 Å². The molecule has 9 heteroatoms. The van der Waals surface area contributed by atoms with Gasteiger partial charge in [-0.3, -0.25) is 0 Å². The second-order valence-corrected chi connectivity index (χ2v) is 17.4. The summed E-state index contributed by atoms with van der Waals surface area (Å²) in [4.78, 5) is 0. The highest BCUT2D eigenvalue weighted by Crippen LogP contribution is 2.79. The fourth-order valence-electron chi connectivity index (χ4n) is 11.8. The standard InChI is InChI=1S/C37H60O9/c1-21(10-9-15-32(2,3)42)22-13-16-35(7)24-14-17-37-25(36(24,31(43-8)46-37)19-18-34(22,35)6)11-12-26(33(37,4)5)45-30-29(41)28(40)27(39)23(20-38)44-30/h9,14-15,17,21-31,38-42H,10-13,16,18-20H2,1-8H3/b15-9+/t21-,22-,23-,24+,25?,26+,27-,28+,29-,30+,31-,34-,35+,36+,37-/m1/s1. The lowest BCUT2D eigenvalue weighted by molar-refractivity contribution is -0.331. The van der Waals surface area contributed by atoms with E-state index in [1.165, 1.54) is 6.42 Å². The summed E-state index contributed by atoms with van der Waals surface area (Å²) in [5, 5.41) is 51.5. The van der Waals surface area contributed by atoms with Crippen molar-refractivity contribution in [1.29, 1.82) is 0 Å². The lowest BCUT2D eigenvalue weighted by Crippen LogP contribution is -2.66. The monoisotopic (exact) mass is 648 g/mol. The molecule has 2 heterocycles. The van der Waals surface area contributed by atoms with Gasteiger partial charge in [0.2, 0.25) is 0 Å². The van der Waals surface area contributed by atoms with Crippen molar-refractivity contribution in [2.45, 2.75) is 148 Å². The Morgan fingerprint density at radius 1 is 0.978 bits per heavy atom. The van der Waals surface area contributed by atoms with Gasteiger partial charge in [-0.25, -0.2) is 0 Å². The molecule has 6 rings (SSSR count). The Balaban J connectivity index is 1.30. The van der Waals surface area contributed by atoms with E-state index in [4.69, 9.17) is 18.9 Å². The Bertz CT molecular complexity index is 1190. The van der Waals surface area contributed by atoms with Gasteiger partial charge in [-0.2, -0.15) is 0 Å². The van der Waals surface area contributed by atoms with Crippen LogP contribution in [0.4, 0.5) is 0 Å². The SMILES string of the molecule is CO[C@@H]1O[C@]23C=C[C@@H]4[C@@]1(CC[C@]1(C)[C@@H]([C@H](C)C/C=C/C(C)(C)O)CC[C@@]41C)C2CC[C@H](O[C@@H]1O[C@H](CO)[C@@H](O)[C@H](O)[C@H]1O)C3(C)C. The molecule has 0 aromatic heterocycles. The molecule has 1 spiro atoms. The van der Waals surface area contributed by atoms with Crippen LogP contribution in [0.2, 0.25) is 0 Å². The lowest BCUT2D eigenvalue weighted by atomic mass is 9.38. The van der Waals surface area contributed by atoms with Crippen molar-refractivity contribution in [3.05, 3.63) is 24.3 Å². The first-order chi connectivity index (χ1) is 21.4. The molecule has 5 fully saturated rings. The molecular weight excluding hydrogens is 588 g/mol. The first-order valence-corrected chi connectivity index (χ1v) is 17.7. The molecule has 0 aromatic rings. The maximum Gasteiger partial charge on any atom is 0.186 e. The largest absolute Gasteiger partial charge is 0.394 e. The van der Waals surface area contributed by atoms with Crippen molar-refractivity contribution in [3.8, 4) is 0 Å². The fourth-order valence-corrected chi connectivity index (χ4v) is 11.8. The van der Waals surface area contributed by atoms with Crippen LogP contribution in [0, 0.1) is 45.3 Å². The molecule has 2 saturated heterocycles. The molecule has 0 aromatic carbocycles. The normalized spacial score (nSPS) is 51.9. The van der Waals surface area contributed by atoms with E-state index in [1.54, 1.807) is 7.11 Å². The highest BCUT2D eigenvalue weighted by atomic mass is 16.7. The number of aliphatic hydroxyl groups is 5. The molecule has 4 aliphatic carbocycles. The van der Waals surface area contributed by atoms with Crippen molar-refractivity contribution in [1.82, 2.24) is 0 Å². The minimum atomic E-state index is -1.49. The second-order valence-electron chi connectivity index (χ2n) is 17.4. The summed E-state index contributed by atoms with van der Waals surface area (Å²) in [7, 11) is 1.78. The van der Waals surface area contributed by atoms with Crippen LogP contribution in [0.3, 0.4) is 0 Å². The van der Waals surface area contributed by atoms with Gasteiger partial charge in [0, 0.05) is 23.9 Å². The van der Waals surface area contributed by atoms with Crippen molar-refractivity contribution in [2.24, 2.45) is 45.3 Å². The molecule has 46 heavy (non-hydrogen) atoms. The van der Waals surface area contributed by atoms with Crippen LogP contribution in [0.15, 0.2) is 24.3 Å². The van der Waals surface area contributed by atoms with E-state index < -0.39 is 53.9 Å². The predicted octanol–water partition coefficient (Wildman–Crippen LogP) is 4.09. The Morgan fingerprint density at radius 2 is 1.70 bits per heavy atom. The van der Waals surface area contributed by atoms with E-state index in [0.29, 0.717) is 17.8 Å². The van der Waals surface area contributed by atoms with Crippen molar-refractivity contribution in [2.75, 3.05) is 13.7 Å². The van der Waals surface area contributed by atoms with E-state index >= 15 is 0 Å². The van der Waals surface area contributed by atoms with E-state index in [1.807, 2.05) is 19.9 Å². The molecule has 262 valence electrons. The van der Waals surface area contributed by atoms with Crippen LogP contribution >= 0.6 is 0 Å². The lowest BCUT2D eigenvalue weighted by Gasteiger charge is -2.65. The van der Waals surface area contributed by atoms with Gasteiger partial charge in [0.15, 0.2) is 12.6 Å². The number of hydrogen-bond acceptors (Lipinski definition) is 9. The molecule has 0 amide bonds. The zero-order chi connectivity index (χ0) is 33.7. The van der Waals surface area contributed by atoms with Gasteiger partial charge >= 0.3 is 0 Å². The first-order valence-electron chi connectivity index (χ1n) is 17.7. The van der Waals surface area contributed by atoms with Crippen molar-refractivity contribution in [3.63, 3.8) is 0 Å². The van der Waals surface area contributed by atoms with Crippen LogP contribution in [-0.2, 0) is 18.9 Å². The molecular formula is C37H60O9. The maximum absolute atomic E-state index is 10.8. The predicted molar refractivity (Wildman–Crippen MR) is 172 cm³/mol. The number of rotatable bonds is 8. The molecule has 2 bridgehead atoms. The molecule has 0 radical (unpaired) electrons. The van der Waals surface area contributed by atoms with Crippen molar-refractivity contribution >= 4 is 0 Å². The molecule has 6 aliphatic rings. The summed E-state index contributed by atoms with van der Waals surface area (Å²) in [6, 6.07) is 0. The number of methoxy groups -OCH3 is 1. The molecule has 2 aliphatic heterocycles. The average molecular weight is 649 g/mol. The number of fused-ring (bicyclic) bond motifs is 2. The minimum absolute atomic E-state index is 0.0745. The van der Waals surface area contributed by atoms with Gasteiger partial charge in [0.1, 0.15) is 30.0 Å². The summed E-state index contributed by atoms with van der Waals surface area (Å²) in [6.07, 6.45) is 8.60. The molecule has 9 nitrogen and oxygen atoms in total. The third-order valence-corrected chi connectivity index (χ3v) is 14.5. The van der Waals surface area contributed by atoms with Gasteiger partial charge in [0.05, 0.1) is 18.3 Å². The van der Waals surface area contributed by atoms with Crippen LogP contribution < -0.4 is 0 Å². The third kappa shape index (κ3) is 4.73. The Kier molecular flexibility index (Phi) is 8.81. The number of hydrogen-bond donors (Lipinski definition) is 5. The highest BCUT2D eigenvalue weighted by Gasteiger charge is 2.78. The summed E-state index contributed by atoms with van der Waals surface area (Å²) >= 11 is 0. The number of aliphatic hydroxyl groups excluding tert-OH is 4. The zero-order valence-corrected chi connectivity index (χ0v) is 29.2. The average Bonchev–Trinajstić information content (AvgIpc) is 3.36. The second kappa shape index (κ2) is 11.6. The Labute approximate surface area is 275 Å². The van der Waals surface area contributed by atoms with E-state index in [-0.39, 0.29) is 34.6 Å². The molecule has 1 unspecified atom stereocenters. The summed E-state index contributed by atoms with van der Waals surface area (Å²) in [6.45, 7) is 14.9. The van der Waals surface area contributed by atoms with Crippen LogP contribution in [-0.4, -0.2) is 93.6 Å². The Morgan fingerprint density at radius 3 is 2.35 bits per heavy atom. The maximum atomic E-state index is 10.8. The van der Waals surface area contributed by atoms with Crippen molar-refractivity contribution < 1.29 is 44.5 Å². The highest BCUT2D eigenvalue weighted by molar-refractivity contribution is 5.34. The molecule has 3 saturated carbocycles. The van der Waals surface area contributed by atoms with Gasteiger partial charge in [-0.05, 0) is 87.4 Å².